The van der Waals surface area contributed by atoms with Gasteiger partial charge < -0.3 is 10.2 Å². The largest absolute Gasteiger partial charge is 0.310 e. The number of hydrogen-bond acceptors (Lipinski definition) is 3. The van der Waals surface area contributed by atoms with Crippen LogP contribution >= 0.6 is 27.3 Å². The molecule has 0 bridgehead atoms. The molecular formula is C13H23BrN2S. The Kier molecular flexibility index (Phi) is 7.35. The van der Waals surface area contributed by atoms with E-state index in [1.54, 1.807) is 11.3 Å². The van der Waals surface area contributed by atoms with Gasteiger partial charge in [-0.2, -0.15) is 11.3 Å². The maximum Gasteiger partial charge on any atom is 0.0351 e. The Bertz CT molecular complexity index is 310. The van der Waals surface area contributed by atoms with Crippen molar-refractivity contribution in [3.63, 3.8) is 0 Å². The van der Waals surface area contributed by atoms with Gasteiger partial charge in [-0.25, -0.2) is 0 Å². The highest BCUT2D eigenvalue weighted by Gasteiger charge is 2.15. The van der Waals surface area contributed by atoms with Crippen LogP contribution in [-0.4, -0.2) is 31.1 Å². The van der Waals surface area contributed by atoms with E-state index in [1.165, 1.54) is 16.5 Å². The molecule has 98 valence electrons. The molecule has 1 N–H and O–H groups in total. The van der Waals surface area contributed by atoms with Crippen LogP contribution in [0, 0.1) is 0 Å². The lowest BCUT2D eigenvalue weighted by atomic mass is 10.1. The van der Waals surface area contributed by atoms with E-state index < -0.39 is 0 Å². The van der Waals surface area contributed by atoms with E-state index in [0.717, 1.165) is 26.2 Å². The zero-order valence-electron chi connectivity index (χ0n) is 11.0. The lowest BCUT2D eigenvalue weighted by Gasteiger charge is -2.23. The van der Waals surface area contributed by atoms with E-state index in [4.69, 9.17) is 0 Å². The molecule has 0 radical (unpaired) electrons. The molecule has 0 aliphatic rings. The Labute approximate surface area is 118 Å². The third kappa shape index (κ3) is 4.70. The average Bonchev–Trinajstić information content (AvgIpc) is 2.75. The Morgan fingerprint density at radius 1 is 1.29 bits per heavy atom. The van der Waals surface area contributed by atoms with Gasteiger partial charge in [0, 0.05) is 15.9 Å². The van der Waals surface area contributed by atoms with Crippen LogP contribution in [0.25, 0.3) is 0 Å². The maximum absolute atomic E-state index is 3.63. The van der Waals surface area contributed by atoms with Crippen molar-refractivity contribution in [3.05, 3.63) is 20.8 Å². The van der Waals surface area contributed by atoms with Crippen LogP contribution in [0.4, 0.5) is 0 Å². The van der Waals surface area contributed by atoms with Crippen molar-refractivity contribution in [2.45, 2.75) is 33.2 Å². The van der Waals surface area contributed by atoms with Crippen molar-refractivity contribution < 1.29 is 0 Å². The molecule has 0 aromatic carbocycles. The first-order valence-electron chi connectivity index (χ1n) is 6.40. The Hall–Kier alpha value is 0.100. The van der Waals surface area contributed by atoms with Gasteiger partial charge >= 0.3 is 0 Å². The first kappa shape index (κ1) is 15.2. The second kappa shape index (κ2) is 8.25. The van der Waals surface area contributed by atoms with Gasteiger partial charge in [-0.3, -0.25) is 0 Å². The molecule has 1 aromatic heterocycles. The molecule has 0 aliphatic heterocycles. The summed E-state index contributed by atoms with van der Waals surface area (Å²) in [5.74, 6) is 0. The number of hydrogen-bond donors (Lipinski definition) is 1. The normalized spacial score (nSPS) is 13.2. The Balaban J connectivity index is 2.58. The summed E-state index contributed by atoms with van der Waals surface area (Å²) in [5, 5.41) is 7.99. The first-order chi connectivity index (χ1) is 8.22. The number of halogens is 1. The molecule has 17 heavy (non-hydrogen) atoms. The van der Waals surface area contributed by atoms with E-state index in [1.807, 2.05) is 0 Å². The van der Waals surface area contributed by atoms with Gasteiger partial charge in [0.05, 0.1) is 0 Å². The van der Waals surface area contributed by atoms with Gasteiger partial charge in [0.15, 0.2) is 0 Å². The summed E-state index contributed by atoms with van der Waals surface area (Å²) in [5.41, 5.74) is 1.41. The van der Waals surface area contributed by atoms with Crippen LogP contribution in [0.5, 0.6) is 0 Å². The summed E-state index contributed by atoms with van der Waals surface area (Å²) in [7, 11) is 0. The highest BCUT2D eigenvalue weighted by molar-refractivity contribution is 9.10. The zero-order chi connectivity index (χ0) is 12.7. The minimum Gasteiger partial charge on any atom is -0.310 e. The number of rotatable bonds is 8. The fourth-order valence-corrected chi connectivity index (χ4v) is 3.63. The quantitative estimate of drug-likeness (QED) is 0.782. The third-order valence-electron chi connectivity index (χ3n) is 3.10. The molecule has 4 heteroatoms. The predicted molar refractivity (Wildman–Crippen MR) is 80.8 cm³/mol. The SMILES string of the molecule is CCNC(CCN(CC)CC)c1cscc1Br. The minimum absolute atomic E-state index is 0.473. The van der Waals surface area contributed by atoms with Gasteiger partial charge in [0.1, 0.15) is 0 Å². The number of thiophene rings is 1. The molecule has 1 aromatic rings. The van der Waals surface area contributed by atoms with Crippen LogP contribution in [-0.2, 0) is 0 Å². The van der Waals surface area contributed by atoms with E-state index >= 15 is 0 Å². The molecular weight excluding hydrogens is 296 g/mol. The standard InChI is InChI=1S/C13H23BrN2S/c1-4-15-13(7-8-16(5-2)6-3)11-9-17-10-12(11)14/h9-10,13,15H,4-8H2,1-3H3. The van der Waals surface area contributed by atoms with Crippen LogP contribution in [0.1, 0.15) is 38.8 Å². The van der Waals surface area contributed by atoms with Crippen molar-refractivity contribution in [2.75, 3.05) is 26.2 Å². The van der Waals surface area contributed by atoms with Gasteiger partial charge in [-0.15, -0.1) is 0 Å². The summed E-state index contributed by atoms with van der Waals surface area (Å²) >= 11 is 5.40. The number of nitrogens with one attached hydrogen (secondary N) is 1. The molecule has 1 heterocycles. The second-order valence-corrected chi connectivity index (χ2v) is 5.70. The van der Waals surface area contributed by atoms with Crippen LogP contribution < -0.4 is 5.32 Å². The Morgan fingerprint density at radius 2 is 2.00 bits per heavy atom. The lowest BCUT2D eigenvalue weighted by Crippen LogP contribution is -2.29. The fourth-order valence-electron chi connectivity index (χ4n) is 2.01. The topological polar surface area (TPSA) is 15.3 Å². The van der Waals surface area contributed by atoms with E-state index in [0.29, 0.717) is 6.04 Å². The average molecular weight is 319 g/mol. The highest BCUT2D eigenvalue weighted by Crippen LogP contribution is 2.29. The van der Waals surface area contributed by atoms with Crippen LogP contribution in [0.3, 0.4) is 0 Å². The first-order valence-corrected chi connectivity index (χ1v) is 8.13. The molecule has 1 atom stereocenters. The molecule has 0 amide bonds. The van der Waals surface area contributed by atoms with Gasteiger partial charge in [-0.1, -0.05) is 20.8 Å². The molecule has 1 rings (SSSR count). The second-order valence-electron chi connectivity index (χ2n) is 4.10. The van der Waals surface area contributed by atoms with Crippen molar-refractivity contribution in [2.24, 2.45) is 0 Å². The van der Waals surface area contributed by atoms with E-state index in [9.17, 15) is 0 Å². The molecule has 1 unspecified atom stereocenters. The third-order valence-corrected chi connectivity index (χ3v) is 4.85. The molecule has 0 spiro atoms. The smallest absolute Gasteiger partial charge is 0.0351 e. The van der Waals surface area contributed by atoms with Crippen molar-refractivity contribution in [1.29, 1.82) is 0 Å². The summed E-state index contributed by atoms with van der Waals surface area (Å²) in [6.45, 7) is 11.1. The number of nitrogens with zero attached hydrogens (tertiary/aromatic N) is 1. The fraction of sp³-hybridized carbons (Fsp3) is 0.692. The summed E-state index contributed by atoms with van der Waals surface area (Å²) in [6.07, 6.45) is 1.17. The molecule has 2 nitrogen and oxygen atoms in total. The summed E-state index contributed by atoms with van der Waals surface area (Å²) < 4.78 is 1.24. The Morgan fingerprint density at radius 3 is 2.47 bits per heavy atom. The minimum atomic E-state index is 0.473. The summed E-state index contributed by atoms with van der Waals surface area (Å²) in [4.78, 5) is 2.48. The molecule has 0 fully saturated rings. The maximum atomic E-state index is 3.63. The molecule has 0 aliphatic carbocycles. The monoisotopic (exact) mass is 318 g/mol. The van der Waals surface area contributed by atoms with E-state index in [2.05, 4.69) is 57.7 Å². The lowest BCUT2D eigenvalue weighted by molar-refractivity contribution is 0.282. The van der Waals surface area contributed by atoms with Gasteiger partial charge in [0.2, 0.25) is 0 Å². The van der Waals surface area contributed by atoms with E-state index in [-0.39, 0.29) is 0 Å². The van der Waals surface area contributed by atoms with Gasteiger partial charge in [-0.05, 0) is 59.5 Å². The van der Waals surface area contributed by atoms with Crippen LogP contribution in [0.2, 0.25) is 0 Å². The van der Waals surface area contributed by atoms with Crippen molar-refractivity contribution in [3.8, 4) is 0 Å². The van der Waals surface area contributed by atoms with Crippen LogP contribution in [0.15, 0.2) is 15.2 Å². The van der Waals surface area contributed by atoms with Crippen molar-refractivity contribution >= 4 is 27.3 Å². The van der Waals surface area contributed by atoms with Crippen molar-refractivity contribution in [1.82, 2.24) is 10.2 Å². The zero-order valence-corrected chi connectivity index (χ0v) is 13.4. The van der Waals surface area contributed by atoms with Gasteiger partial charge in [0.25, 0.3) is 0 Å². The molecule has 0 saturated carbocycles. The molecule has 0 saturated heterocycles. The highest BCUT2D eigenvalue weighted by atomic mass is 79.9. The predicted octanol–water partition coefficient (Wildman–Crippen LogP) is 3.89. The summed E-state index contributed by atoms with van der Waals surface area (Å²) in [6, 6.07) is 0.473.